The van der Waals surface area contributed by atoms with Gasteiger partial charge in [0.1, 0.15) is 0 Å². The third-order valence-corrected chi connectivity index (χ3v) is 6.40. The Labute approximate surface area is 208 Å². The van der Waals surface area contributed by atoms with Gasteiger partial charge in [0.2, 0.25) is 5.28 Å². The summed E-state index contributed by atoms with van der Waals surface area (Å²) in [5.74, 6) is 0.534. The summed E-state index contributed by atoms with van der Waals surface area (Å²) in [5.41, 5.74) is 3.66. The number of anilines is 1. The van der Waals surface area contributed by atoms with Crippen molar-refractivity contribution in [2.45, 2.75) is 26.4 Å². The van der Waals surface area contributed by atoms with Crippen LogP contribution in [0.4, 0.5) is 5.82 Å². The van der Waals surface area contributed by atoms with Gasteiger partial charge in [0.05, 0.1) is 12.0 Å². The summed E-state index contributed by atoms with van der Waals surface area (Å²) >= 11 is 6.21. The molecule has 182 valence electrons. The molecule has 1 aliphatic heterocycles. The lowest BCUT2D eigenvalue weighted by Gasteiger charge is -2.31. The van der Waals surface area contributed by atoms with Gasteiger partial charge in [-0.15, -0.1) is 0 Å². The predicted molar refractivity (Wildman–Crippen MR) is 135 cm³/mol. The number of aromatic nitrogens is 6. The highest BCUT2D eigenvalue weighted by atomic mass is 35.5. The molecule has 0 radical (unpaired) electrons. The highest BCUT2D eigenvalue weighted by Crippen LogP contribution is 2.24. The number of para-hydroxylation sites is 1. The zero-order valence-electron chi connectivity index (χ0n) is 20.0. The average Bonchev–Trinajstić information content (AvgIpc) is 3.50. The van der Waals surface area contributed by atoms with E-state index in [1.165, 1.54) is 0 Å². The van der Waals surface area contributed by atoms with Crippen LogP contribution < -0.4 is 5.32 Å². The molecule has 10 nitrogen and oxygen atoms in total. The predicted octanol–water partition coefficient (Wildman–Crippen LogP) is 3.25. The van der Waals surface area contributed by atoms with Gasteiger partial charge in [0.25, 0.3) is 5.91 Å². The monoisotopic (exact) mass is 493 g/mol. The molecule has 0 atom stereocenters. The second-order valence-electron chi connectivity index (χ2n) is 8.98. The van der Waals surface area contributed by atoms with Gasteiger partial charge in [-0.25, -0.2) is 9.67 Å². The Kier molecular flexibility index (Phi) is 6.40. The molecule has 1 aliphatic rings. The first-order chi connectivity index (χ1) is 16.9. The van der Waals surface area contributed by atoms with Gasteiger partial charge in [-0.1, -0.05) is 18.2 Å². The SMILES string of the molecule is CC(C)n1cnc2c(NCc3ccccc3-n3ccc(C(=O)N4CCN(C)CC4)n3)nc(Cl)nc21. The maximum absolute atomic E-state index is 12.9. The third kappa shape index (κ3) is 4.71. The normalized spacial score (nSPS) is 14.7. The number of hydrogen-bond donors (Lipinski definition) is 1. The Morgan fingerprint density at radius 2 is 1.89 bits per heavy atom. The zero-order chi connectivity index (χ0) is 24.5. The van der Waals surface area contributed by atoms with E-state index >= 15 is 0 Å². The van der Waals surface area contributed by atoms with Gasteiger partial charge < -0.3 is 19.7 Å². The number of halogens is 1. The van der Waals surface area contributed by atoms with Crippen LogP contribution in [0.5, 0.6) is 0 Å². The summed E-state index contributed by atoms with van der Waals surface area (Å²) in [7, 11) is 2.07. The van der Waals surface area contributed by atoms with E-state index in [9.17, 15) is 4.79 Å². The molecular weight excluding hydrogens is 466 g/mol. The van der Waals surface area contributed by atoms with E-state index < -0.39 is 0 Å². The maximum Gasteiger partial charge on any atom is 0.274 e. The lowest BCUT2D eigenvalue weighted by molar-refractivity contribution is 0.0657. The van der Waals surface area contributed by atoms with Crippen molar-refractivity contribution in [2.75, 3.05) is 38.5 Å². The minimum atomic E-state index is -0.0359. The van der Waals surface area contributed by atoms with Gasteiger partial charge in [-0.2, -0.15) is 15.1 Å². The molecule has 11 heteroatoms. The van der Waals surface area contributed by atoms with E-state index in [1.807, 2.05) is 39.9 Å². The number of hydrogen-bond acceptors (Lipinski definition) is 7. The summed E-state index contributed by atoms with van der Waals surface area (Å²) < 4.78 is 3.71. The molecule has 1 amide bonds. The van der Waals surface area contributed by atoms with Crippen molar-refractivity contribution in [3.63, 3.8) is 0 Å². The summed E-state index contributed by atoms with van der Waals surface area (Å²) in [6.07, 6.45) is 3.58. The van der Waals surface area contributed by atoms with Crippen LogP contribution in [0, 0.1) is 0 Å². The Bertz CT molecular complexity index is 1350. The van der Waals surface area contributed by atoms with Crippen molar-refractivity contribution in [3.05, 3.63) is 59.4 Å². The molecule has 0 spiro atoms. The molecule has 0 bridgehead atoms. The van der Waals surface area contributed by atoms with Crippen LogP contribution in [0.25, 0.3) is 16.9 Å². The number of carbonyl (C=O) groups is 1. The van der Waals surface area contributed by atoms with Gasteiger partial charge >= 0.3 is 0 Å². The lowest BCUT2D eigenvalue weighted by atomic mass is 10.2. The van der Waals surface area contributed by atoms with Crippen molar-refractivity contribution in [1.29, 1.82) is 0 Å². The average molecular weight is 494 g/mol. The molecule has 0 unspecified atom stereocenters. The number of carbonyl (C=O) groups excluding carboxylic acids is 1. The first-order valence-electron chi connectivity index (χ1n) is 11.7. The van der Waals surface area contributed by atoms with Gasteiger partial charge in [-0.05, 0) is 50.2 Å². The summed E-state index contributed by atoms with van der Waals surface area (Å²) in [5, 5.41) is 8.12. The van der Waals surface area contributed by atoms with E-state index in [4.69, 9.17) is 11.6 Å². The number of amides is 1. The largest absolute Gasteiger partial charge is 0.364 e. The Hall–Kier alpha value is -3.50. The standard InChI is InChI=1S/C24H28ClN9O/c1-16(2)33-15-27-20-21(28-24(25)29-22(20)33)26-14-17-6-4-5-7-19(17)34-9-8-18(30-34)23(35)32-12-10-31(3)11-13-32/h4-9,15-16H,10-14H2,1-3H3,(H,26,28,29). The molecule has 0 aliphatic carbocycles. The Balaban J connectivity index is 1.37. The molecule has 4 aromatic rings. The highest BCUT2D eigenvalue weighted by Gasteiger charge is 2.22. The van der Waals surface area contributed by atoms with Crippen LogP contribution >= 0.6 is 11.6 Å². The minimum Gasteiger partial charge on any atom is -0.364 e. The molecule has 4 heterocycles. The second-order valence-corrected chi connectivity index (χ2v) is 9.32. The molecule has 35 heavy (non-hydrogen) atoms. The van der Waals surface area contributed by atoms with Crippen molar-refractivity contribution in [1.82, 2.24) is 39.1 Å². The Morgan fingerprint density at radius 1 is 1.11 bits per heavy atom. The van der Waals surface area contributed by atoms with Crippen LogP contribution in [0.15, 0.2) is 42.9 Å². The summed E-state index contributed by atoms with van der Waals surface area (Å²) in [6.45, 7) is 7.76. The molecule has 3 aromatic heterocycles. The van der Waals surface area contributed by atoms with E-state index in [-0.39, 0.29) is 17.2 Å². The quantitative estimate of drug-likeness (QED) is 0.412. The number of fused-ring (bicyclic) bond motifs is 1. The zero-order valence-corrected chi connectivity index (χ0v) is 20.8. The molecule has 1 saturated heterocycles. The fourth-order valence-corrected chi connectivity index (χ4v) is 4.36. The van der Waals surface area contributed by atoms with E-state index in [0.29, 0.717) is 42.3 Å². The molecule has 1 fully saturated rings. The Morgan fingerprint density at radius 3 is 2.66 bits per heavy atom. The number of piperazine rings is 1. The first kappa shape index (κ1) is 23.3. The first-order valence-corrected chi connectivity index (χ1v) is 12.0. The second kappa shape index (κ2) is 9.63. The molecule has 1 aromatic carbocycles. The van der Waals surface area contributed by atoms with E-state index in [2.05, 4.69) is 51.2 Å². The van der Waals surface area contributed by atoms with Crippen LogP contribution in [0.1, 0.15) is 35.9 Å². The van der Waals surface area contributed by atoms with Gasteiger partial charge in [0.15, 0.2) is 22.7 Å². The van der Waals surface area contributed by atoms with Crippen molar-refractivity contribution in [2.24, 2.45) is 0 Å². The van der Waals surface area contributed by atoms with E-state index in [0.717, 1.165) is 24.3 Å². The third-order valence-electron chi connectivity index (χ3n) is 6.23. The van der Waals surface area contributed by atoms with Crippen molar-refractivity contribution < 1.29 is 4.79 Å². The maximum atomic E-state index is 12.9. The van der Waals surface area contributed by atoms with Gasteiger partial charge in [0, 0.05) is 45.0 Å². The van der Waals surface area contributed by atoms with Crippen LogP contribution in [-0.2, 0) is 6.54 Å². The van der Waals surface area contributed by atoms with Crippen molar-refractivity contribution >= 4 is 34.5 Å². The van der Waals surface area contributed by atoms with E-state index in [1.54, 1.807) is 17.1 Å². The summed E-state index contributed by atoms with van der Waals surface area (Å²) in [4.78, 5) is 30.2. The van der Waals surface area contributed by atoms with Gasteiger partial charge in [-0.3, -0.25) is 4.79 Å². The molecule has 0 saturated carbocycles. The highest BCUT2D eigenvalue weighted by molar-refractivity contribution is 6.28. The number of imidazole rings is 1. The minimum absolute atomic E-state index is 0.0359. The molecule has 1 N–H and O–H groups in total. The van der Waals surface area contributed by atoms with Crippen LogP contribution in [-0.4, -0.2) is 78.2 Å². The fourth-order valence-electron chi connectivity index (χ4n) is 4.20. The molecule has 5 rings (SSSR count). The van der Waals surface area contributed by atoms with Crippen LogP contribution in [0.2, 0.25) is 5.28 Å². The lowest BCUT2D eigenvalue weighted by Crippen LogP contribution is -2.47. The van der Waals surface area contributed by atoms with Crippen LogP contribution in [0.3, 0.4) is 0 Å². The summed E-state index contributed by atoms with van der Waals surface area (Å²) in [6, 6.07) is 9.88. The smallest absolute Gasteiger partial charge is 0.274 e. The number of likely N-dealkylation sites (N-methyl/N-ethyl adjacent to an activating group) is 1. The fraction of sp³-hybridized carbons (Fsp3) is 0.375. The number of rotatable bonds is 6. The van der Waals surface area contributed by atoms with Crippen molar-refractivity contribution in [3.8, 4) is 5.69 Å². The number of benzene rings is 1. The molecular formula is C24H28ClN9O. The number of nitrogens with zero attached hydrogens (tertiary/aromatic N) is 8. The topological polar surface area (TPSA) is 97.0 Å². The number of nitrogens with one attached hydrogen (secondary N) is 1.